The predicted octanol–water partition coefficient (Wildman–Crippen LogP) is 4.61. The second-order valence-electron chi connectivity index (χ2n) is 9.38. The first-order valence-corrected chi connectivity index (χ1v) is 12.0. The molecule has 9 nitrogen and oxygen atoms in total. The first-order chi connectivity index (χ1) is 17.6. The molecule has 1 aliphatic carbocycles. The van der Waals surface area contributed by atoms with Crippen LogP contribution in [0.3, 0.4) is 0 Å². The highest BCUT2D eigenvalue weighted by Crippen LogP contribution is 2.59. The number of carbonyl (C=O) groups is 1. The van der Waals surface area contributed by atoms with Crippen LogP contribution in [-0.2, 0) is 16.0 Å². The molecule has 0 radical (unpaired) electrons. The number of ether oxygens (including phenoxy) is 7. The number of allylic oxidation sites excluding steroid dienone is 1. The average molecular weight is 515 g/mol. The van der Waals surface area contributed by atoms with Crippen LogP contribution in [0.5, 0.6) is 34.5 Å². The third kappa shape index (κ3) is 4.21. The molecule has 4 rings (SSSR count). The van der Waals surface area contributed by atoms with Gasteiger partial charge in [0.2, 0.25) is 18.3 Å². The monoisotopic (exact) mass is 514 g/mol. The number of fused-ring (bicyclic) bond motifs is 4. The van der Waals surface area contributed by atoms with Crippen molar-refractivity contribution in [2.24, 2.45) is 5.92 Å². The molecule has 2 aliphatic rings. The summed E-state index contributed by atoms with van der Waals surface area (Å²) in [5.41, 5.74) is 1.47. The first-order valence-electron chi connectivity index (χ1n) is 12.0. The van der Waals surface area contributed by atoms with E-state index >= 15 is 0 Å². The van der Waals surface area contributed by atoms with E-state index in [0.717, 1.165) is 5.56 Å². The van der Waals surface area contributed by atoms with Crippen molar-refractivity contribution in [2.75, 3.05) is 35.2 Å². The van der Waals surface area contributed by atoms with E-state index in [4.69, 9.17) is 33.2 Å². The van der Waals surface area contributed by atoms with Gasteiger partial charge in [0, 0.05) is 22.3 Å². The van der Waals surface area contributed by atoms with E-state index in [1.807, 2.05) is 13.0 Å². The molecule has 0 saturated carbocycles. The number of aliphatic hydroxyl groups is 1. The Morgan fingerprint density at radius 3 is 2.30 bits per heavy atom. The Bertz CT molecular complexity index is 1250. The zero-order valence-corrected chi connectivity index (χ0v) is 22.5. The molecule has 1 aliphatic heterocycles. The van der Waals surface area contributed by atoms with E-state index in [-0.39, 0.29) is 12.7 Å². The number of methoxy groups -OCH3 is 4. The van der Waals surface area contributed by atoms with Crippen molar-refractivity contribution >= 4 is 5.97 Å². The Balaban J connectivity index is 2.16. The molecule has 0 amide bonds. The second kappa shape index (κ2) is 10.0. The zero-order valence-electron chi connectivity index (χ0n) is 22.5. The zero-order chi connectivity index (χ0) is 27.1. The van der Waals surface area contributed by atoms with Gasteiger partial charge in [-0.3, -0.25) is 0 Å². The molecule has 1 heterocycles. The molecule has 1 N–H and O–H groups in total. The Labute approximate surface area is 216 Å². The third-order valence-corrected chi connectivity index (χ3v) is 7.33. The molecule has 0 aromatic heterocycles. The van der Waals surface area contributed by atoms with Crippen LogP contribution in [0.25, 0.3) is 11.1 Å². The number of hydrogen-bond donors (Lipinski definition) is 1. The Hall–Kier alpha value is -3.59. The van der Waals surface area contributed by atoms with E-state index in [2.05, 4.69) is 0 Å². The van der Waals surface area contributed by atoms with Crippen molar-refractivity contribution in [2.45, 2.75) is 45.8 Å². The van der Waals surface area contributed by atoms with Crippen LogP contribution in [0, 0.1) is 5.92 Å². The lowest BCUT2D eigenvalue weighted by atomic mass is 9.73. The maximum atomic E-state index is 13.0. The molecule has 3 unspecified atom stereocenters. The van der Waals surface area contributed by atoms with Crippen LogP contribution in [0.15, 0.2) is 23.8 Å². The van der Waals surface area contributed by atoms with Crippen LogP contribution in [0.4, 0.5) is 0 Å². The maximum Gasteiger partial charge on any atom is 0.334 e. The van der Waals surface area contributed by atoms with Crippen molar-refractivity contribution in [3.8, 4) is 45.6 Å². The number of esters is 1. The Morgan fingerprint density at radius 2 is 1.70 bits per heavy atom. The second-order valence-corrected chi connectivity index (χ2v) is 9.38. The summed E-state index contributed by atoms with van der Waals surface area (Å²) in [5.74, 6) is 1.59. The Kier molecular flexibility index (Phi) is 7.19. The van der Waals surface area contributed by atoms with Crippen LogP contribution in [0.2, 0.25) is 0 Å². The Morgan fingerprint density at radius 1 is 1.03 bits per heavy atom. The van der Waals surface area contributed by atoms with Crippen molar-refractivity contribution in [1.82, 2.24) is 0 Å². The van der Waals surface area contributed by atoms with Gasteiger partial charge in [-0.2, -0.15) is 0 Å². The largest absolute Gasteiger partial charge is 0.493 e. The third-order valence-electron chi connectivity index (χ3n) is 7.33. The molecular formula is C28H34O9. The smallest absolute Gasteiger partial charge is 0.334 e. The lowest BCUT2D eigenvalue weighted by Crippen LogP contribution is -2.44. The molecule has 2 aromatic carbocycles. The molecule has 0 fully saturated rings. The molecular weight excluding hydrogens is 480 g/mol. The van der Waals surface area contributed by atoms with Gasteiger partial charge in [0.25, 0.3) is 0 Å². The lowest BCUT2D eigenvalue weighted by molar-refractivity contribution is -0.166. The first kappa shape index (κ1) is 26.5. The summed E-state index contributed by atoms with van der Waals surface area (Å²) >= 11 is 0. The SMILES string of the molecule is CC=C(C)C(=O)OC1c2cc3c(c(OC)c2-c2c(cc(OC)c(OC)c2OC)CC(C)C1(C)O)OCO3. The fraction of sp³-hybridized carbons (Fsp3) is 0.464. The summed E-state index contributed by atoms with van der Waals surface area (Å²) in [6, 6.07) is 3.60. The molecule has 9 heteroatoms. The van der Waals surface area contributed by atoms with Gasteiger partial charge in [0.05, 0.1) is 28.4 Å². The van der Waals surface area contributed by atoms with Crippen molar-refractivity contribution in [1.29, 1.82) is 0 Å². The van der Waals surface area contributed by atoms with Crippen molar-refractivity contribution in [3.63, 3.8) is 0 Å². The summed E-state index contributed by atoms with van der Waals surface area (Å²) in [5, 5.41) is 12.0. The molecule has 200 valence electrons. The van der Waals surface area contributed by atoms with Crippen LogP contribution in [-0.4, -0.2) is 51.9 Å². The minimum absolute atomic E-state index is 0.000553. The number of carbonyl (C=O) groups excluding carboxylic acids is 1. The average Bonchev–Trinajstić information content (AvgIpc) is 3.36. The molecule has 3 atom stereocenters. The number of hydrogen-bond acceptors (Lipinski definition) is 9. The molecule has 0 saturated heterocycles. The number of rotatable bonds is 6. The van der Waals surface area contributed by atoms with Gasteiger partial charge < -0.3 is 38.3 Å². The predicted molar refractivity (Wildman–Crippen MR) is 136 cm³/mol. The van der Waals surface area contributed by atoms with Crippen LogP contribution in [0.1, 0.15) is 44.9 Å². The number of benzene rings is 2. The quantitative estimate of drug-likeness (QED) is 0.437. The summed E-state index contributed by atoms with van der Waals surface area (Å²) in [6.07, 6.45) is 1.00. The standard InChI is InChI=1S/C28H34O9/c1-9-14(2)27(29)37-26-17-12-19-23(36-13-35-19)25(34-8)21(17)20-16(10-15(3)28(26,4)30)11-18(31-5)22(32-6)24(20)33-7/h9,11-12,15,26,30H,10,13H2,1-8H3. The topological polar surface area (TPSA) is 102 Å². The summed E-state index contributed by atoms with van der Waals surface area (Å²) in [6.45, 7) is 7.00. The fourth-order valence-corrected chi connectivity index (χ4v) is 4.94. The molecule has 0 bridgehead atoms. The fourth-order valence-electron chi connectivity index (χ4n) is 4.94. The highest BCUT2D eigenvalue weighted by atomic mass is 16.7. The van der Waals surface area contributed by atoms with Crippen molar-refractivity contribution < 1.29 is 43.1 Å². The summed E-state index contributed by atoms with van der Waals surface area (Å²) < 4.78 is 40.6. The highest BCUT2D eigenvalue weighted by Gasteiger charge is 2.47. The van der Waals surface area contributed by atoms with Gasteiger partial charge in [-0.1, -0.05) is 13.0 Å². The lowest BCUT2D eigenvalue weighted by Gasteiger charge is -2.41. The van der Waals surface area contributed by atoms with Gasteiger partial charge in [-0.05, 0) is 50.8 Å². The molecule has 37 heavy (non-hydrogen) atoms. The van der Waals surface area contributed by atoms with Gasteiger partial charge in [-0.25, -0.2) is 4.79 Å². The summed E-state index contributed by atoms with van der Waals surface area (Å²) in [4.78, 5) is 13.0. The van der Waals surface area contributed by atoms with Crippen LogP contribution >= 0.6 is 0 Å². The van der Waals surface area contributed by atoms with Gasteiger partial charge in [0.1, 0.15) is 5.60 Å². The van der Waals surface area contributed by atoms with Crippen LogP contribution < -0.4 is 28.4 Å². The van der Waals surface area contributed by atoms with E-state index < -0.39 is 17.7 Å². The summed E-state index contributed by atoms with van der Waals surface area (Å²) in [7, 11) is 6.15. The van der Waals surface area contributed by atoms with E-state index in [0.29, 0.717) is 63.2 Å². The van der Waals surface area contributed by atoms with Gasteiger partial charge in [-0.15, -0.1) is 0 Å². The molecule has 0 spiro atoms. The normalized spacial score (nSPS) is 22.2. The van der Waals surface area contributed by atoms with Gasteiger partial charge >= 0.3 is 5.97 Å². The van der Waals surface area contributed by atoms with Crippen molar-refractivity contribution in [3.05, 3.63) is 34.9 Å². The molecule has 2 aromatic rings. The van der Waals surface area contributed by atoms with Gasteiger partial charge in [0.15, 0.2) is 29.1 Å². The van der Waals surface area contributed by atoms with E-state index in [1.165, 1.54) is 14.2 Å². The minimum atomic E-state index is -1.48. The minimum Gasteiger partial charge on any atom is -0.493 e. The van der Waals surface area contributed by atoms with E-state index in [9.17, 15) is 9.90 Å². The maximum absolute atomic E-state index is 13.0. The van der Waals surface area contributed by atoms with E-state index in [1.54, 1.807) is 47.1 Å². The highest BCUT2D eigenvalue weighted by molar-refractivity contribution is 5.91.